The molecule has 304 valence electrons. The highest BCUT2D eigenvalue weighted by Gasteiger charge is 2.38. The van der Waals surface area contributed by atoms with Crippen LogP contribution in [0.1, 0.15) is 83.1 Å². The van der Waals surface area contributed by atoms with Gasteiger partial charge in [0.2, 0.25) is 0 Å². The number of rotatable bonds is 16. The van der Waals surface area contributed by atoms with E-state index in [0.29, 0.717) is 0 Å². The van der Waals surface area contributed by atoms with Crippen molar-refractivity contribution >= 4 is 48.3 Å². The Morgan fingerprint density at radius 3 is 0.660 bits per heavy atom. The smallest absolute Gasteiger partial charge is 0.408 e. The van der Waals surface area contributed by atoms with Gasteiger partial charge in [-0.2, -0.15) is 0 Å². The molecule has 0 rings (SSSR count). The maximum atomic E-state index is 12.6. The van der Waals surface area contributed by atoms with Crippen molar-refractivity contribution < 1.29 is 76.3 Å². The van der Waals surface area contributed by atoms with Gasteiger partial charge in [-0.25, -0.2) is 19.2 Å². The molecule has 20 nitrogen and oxygen atoms in total. The van der Waals surface area contributed by atoms with Gasteiger partial charge >= 0.3 is 48.3 Å². The molecule has 0 unspecified atom stereocenters. The molecular formula is C33H56N4O16. The van der Waals surface area contributed by atoms with Gasteiger partial charge in [-0.15, -0.1) is 0 Å². The molecule has 0 aliphatic rings. The molecule has 0 aromatic heterocycles. The first kappa shape index (κ1) is 48.0. The van der Waals surface area contributed by atoms with Gasteiger partial charge in [-0.05, 0) is 83.1 Å². The van der Waals surface area contributed by atoms with Crippen LogP contribution in [0.4, 0.5) is 19.2 Å². The van der Waals surface area contributed by atoms with Gasteiger partial charge in [0.15, 0.2) is 0 Å². The molecule has 0 aliphatic carbocycles. The third-order valence-corrected chi connectivity index (χ3v) is 5.26. The number of alkyl carbamates (subject to hydrolysis) is 4. The highest BCUT2D eigenvalue weighted by molar-refractivity contribution is 5.80. The normalized spacial score (nSPS) is 11.8. The van der Waals surface area contributed by atoms with Crippen molar-refractivity contribution in [2.45, 2.75) is 105 Å². The monoisotopic (exact) mass is 764 g/mol. The summed E-state index contributed by atoms with van der Waals surface area (Å²) >= 11 is 0. The quantitative estimate of drug-likeness (QED) is 0.130. The molecule has 0 bridgehead atoms. The van der Waals surface area contributed by atoms with Gasteiger partial charge in [0.05, 0.1) is 0 Å². The van der Waals surface area contributed by atoms with E-state index in [4.69, 9.17) is 37.9 Å². The lowest BCUT2D eigenvalue weighted by Crippen LogP contribution is -2.47. The number of hydrogen-bond donors (Lipinski definition) is 4. The molecule has 4 amide bonds. The van der Waals surface area contributed by atoms with Gasteiger partial charge in [0.1, 0.15) is 80.4 Å². The molecular weight excluding hydrogens is 708 g/mol. The lowest BCUT2D eigenvalue weighted by Gasteiger charge is -2.31. The highest BCUT2D eigenvalue weighted by Crippen LogP contribution is 2.22. The molecule has 0 aliphatic heterocycles. The van der Waals surface area contributed by atoms with E-state index in [1.165, 1.54) is 0 Å². The fraction of sp³-hybridized carbons (Fsp3) is 0.758. The Morgan fingerprint density at radius 2 is 0.509 bits per heavy atom. The van der Waals surface area contributed by atoms with Crippen molar-refractivity contribution in [2.75, 3.05) is 52.6 Å². The second kappa shape index (κ2) is 20.9. The predicted octanol–water partition coefficient (Wildman–Crippen LogP) is 2.24. The summed E-state index contributed by atoms with van der Waals surface area (Å²) in [7, 11) is 0. The summed E-state index contributed by atoms with van der Waals surface area (Å²) in [5.41, 5.74) is -5.29. The number of nitrogens with one attached hydrogen (secondary N) is 4. The summed E-state index contributed by atoms with van der Waals surface area (Å²) in [5, 5.41) is 8.83. The molecule has 0 fully saturated rings. The van der Waals surface area contributed by atoms with Crippen molar-refractivity contribution in [3.8, 4) is 0 Å². The number of ether oxygens (including phenoxy) is 8. The average molecular weight is 765 g/mol. The molecule has 4 N–H and O–H groups in total. The summed E-state index contributed by atoms with van der Waals surface area (Å²) in [6.45, 7) is 13.6. The van der Waals surface area contributed by atoms with Crippen LogP contribution < -0.4 is 21.3 Å². The Hall–Kier alpha value is -5.04. The second-order valence-electron chi connectivity index (χ2n) is 15.6. The minimum absolute atomic E-state index is 0.677. The van der Waals surface area contributed by atoms with Crippen LogP contribution >= 0.6 is 0 Å². The summed E-state index contributed by atoms with van der Waals surface area (Å²) in [6, 6.07) is 0. The van der Waals surface area contributed by atoms with E-state index >= 15 is 0 Å². The van der Waals surface area contributed by atoms with Gasteiger partial charge in [0, 0.05) is 0 Å². The molecule has 20 heteroatoms. The number of amides is 4. The zero-order valence-electron chi connectivity index (χ0n) is 32.7. The number of hydrogen-bond acceptors (Lipinski definition) is 16. The number of esters is 4. The van der Waals surface area contributed by atoms with Crippen LogP contribution in [-0.4, -0.2) is 123 Å². The maximum Gasteiger partial charge on any atom is 0.408 e. The Morgan fingerprint density at radius 1 is 0.340 bits per heavy atom. The molecule has 0 saturated carbocycles. The highest BCUT2D eigenvalue weighted by atomic mass is 16.6. The Bertz CT molecular complexity index is 1090. The lowest BCUT2D eigenvalue weighted by atomic mass is 9.92. The van der Waals surface area contributed by atoms with E-state index in [-0.39, 0.29) is 0 Å². The number of carbonyl (C=O) groups excluding carboxylic acids is 8. The van der Waals surface area contributed by atoms with Gasteiger partial charge < -0.3 is 59.2 Å². The summed E-state index contributed by atoms with van der Waals surface area (Å²) in [6.07, 6.45) is -3.70. The van der Waals surface area contributed by atoms with Gasteiger partial charge in [-0.3, -0.25) is 19.2 Å². The third kappa shape index (κ3) is 27.3. The first-order chi connectivity index (χ1) is 24.0. The van der Waals surface area contributed by atoms with E-state index in [1.54, 1.807) is 83.1 Å². The molecule has 0 radical (unpaired) electrons. The van der Waals surface area contributed by atoms with Crippen molar-refractivity contribution in [1.29, 1.82) is 0 Å². The van der Waals surface area contributed by atoms with Crippen LogP contribution in [0, 0.1) is 5.41 Å². The standard InChI is InChI=1S/C33H56N4O16/c1-29(2,3)50-25(42)34-13-21(38)46-17-33(18-47-22(39)14-35-26(43)51-30(4,5)6,19-48-23(40)15-36-27(44)52-31(7,8)9)20-49-24(41)16-37-28(45)53-32(10,11)12/h13-20H2,1-12H3,(H,34,42)(H,35,43)(H,36,44)(H,37,45). The second-order valence-corrected chi connectivity index (χ2v) is 15.6. The minimum Gasteiger partial charge on any atom is -0.463 e. The predicted molar refractivity (Wildman–Crippen MR) is 183 cm³/mol. The molecule has 0 saturated heterocycles. The zero-order chi connectivity index (χ0) is 41.3. The Balaban J connectivity index is 6.09. The fourth-order valence-corrected chi connectivity index (χ4v) is 3.22. The molecule has 53 heavy (non-hydrogen) atoms. The van der Waals surface area contributed by atoms with Crippen molar-refractivity contribution in [2.24, 2.45) is 5.41 Å². The minimum atomic E-state index is -1.83. The molecule has 0 atom stereocenters. The van der Waals surface area contributed by atoms with Crippen LogP contribution in [0.25, 0.3) is 0 Å². The molecule has 0 heterocycles. The van der Waals surface area contributed by atoms with Crippen molar-refractivity contribution in [3.63, 3.8) is 0 Å². The summed E-state index contributed by atoms with van der Waals surface area (Å²) in [5.74, 6) is -4.08. The first-order valence-electron chi connectivity index (χ1n) is 16.5. The van der Waals surface area contributed by atoms with Crippen LogP contribution in [0.15, 0.2) is 0 Å². The van der Waals surface area contributed by atoms with Gasteiger partial charge in [0.25, 0.3) is 0 Å². The Kier molecular flexibility index (Phi) is 18.9. The Labute approximate surface area is 309 Å². The van der Waals surface area contributed by atoms with Gasteiger partial charge in [-0.1, -0.05) is 0 Å². The SMILES string of the molecule is CC(C)(C)OC(=O)NCC(=O)OCC(COC(=O)CNC(=O)OC(C)(C)C)(COC(=O)CNC(=O)OC(C)(C)C)COC(=O)CNC(=O)OC(C)(C)C. The summed E-state index contributed by atoms with van der Waals surface area (Å²) < 4.78 is 41.5. The topological polar surface area (TPSA) is 259 Å². The first-order valence-corrected chi connectivity index (χ1v) is 16.5. The average Bonchev–Trinajstić information content (AvgIpc) is 2.96. The van der Waals surface area contributed by atoms with E-state index in [2.05, 4.69) is 21.3 Å². The largest absolute Gasteiger partial charge is 0.463 e. The van der Waals surface area contributed by atoms with E-state index in [0.717, 1.165) is 0 Å². The lowest BCUT2D eigenvalue weighted by molar-refractivity contribution is -0.169. The maximum absolute atomic E-state index is 12.6. The van der Waals surface area contributed by atoms with Crippen LogP contribution in [0.2, 0.25) is 0 Å². The van der Waals surface area contributed by atoms with Crippen LogP contribution in [0.3, 0.4) is 0 Å². The van der Waals surface area contributed by atoms with E-state index in [9.17, 15) is 38.4 Å². The fourth-order valence-electron chi connectivity index (χ4n) is 3.22. The van der Waals surface area contributed by atoms with Crippen molar-refractivity contribution in [1.82, 2.24) is 21.3 Å². The number of carbonyl (C=O) groups is 8. The van der Waals surface area contributed by atoms with Crippen LogP contribution in [-0.2, 0) is 57.1 Å². The third-order valence-electron chi connectivity index (χ3n) is 5.26. The molecule has 0 aromatic rings. The van der Waals surface area contributed by atoms with E-state index < -0.39 is 129 Å². The summed E-state index contributed by atoms with van der Waals surface area (Å²) in [4.78, 5) is 98.7. The molecule has 0 spiro atoms. The zero-order valence-corrected chi connectivity index (χ0v) is 32.7. The molecule has 0 aromatic carbocycles. The van der Waals surface area contributed by atoms with E-state index in [1.807, 2.05) is 0 Å². The van der Waals surface area contributed by atoms with Crippen molar-refractivity contribution in [3.05, 3.63) is 0 Å². The van der Waals surface area contributed by atoms with Crippen LogP contribution in [0.5, 0.6) is 0 Å².